The number of benzene rings is 7. The molecule has 0 amide bonds. The monoisotopic (exact) mass is 637 g/mol. The second kappa shape index (κ2) is 11.2. The number of thiophene rings is 1. The summed E-state index contributed by atoms with van der Waals surface area (Å²) >= 11 is 1.84. The highest BCUT2D eigenvalue weighted by Gasteiger charge is 2.29. The Hall–Kier alpha value is -5.34. The van der Waals surface area contributed by atoms with Gasteiger partial charge in [0.15, 0.2) is 7.14 Å². The third-order valence-corrected chi connectivity index (χ3v) is 13.4. The Labute approximate surface area is 277 Å². The van der Waals surface area contributed by atoms with Crippen molar-refractivity contribution in [1.82, 2.24) is 4.98 Å². The zero-order valence-electron chi connectivity index (χ0n) is 25.4. The molecule has 9 rings (SSSR count). The normalized spacial score (nSPS) is 11.9. The van der Waals surface area contributed by atoms with Crippen molar-refractivity contribution in [3.8, 4) is 22.4 Å². The highest BCUT2D eigenvalue weighted by molar-refractivity contribution is 7.85. The summed E-state index contributed by atoms with van der Waals surface area (Å²) in [6.07, 6.45) is 0. The van der Waals surface area contributed by atoms with Crippen LogP contribution in [0.1, 0.15) is 0 Å². The minimum absolute atomic E-state index is 0.821. The fraction of sp³-hybridized carbons (Fsp3) is 0. The van der Waals surface area contributed by atoms with E-state index < -0.39 is 7.14 Å². The van der Waals surface area contributed by atoms with Crippen LogP contribution in [0.25, 0.3) is 64.2 Å². The number of aromatic nitrogens is 1. The van der Waals surface area contributed by atoms with Gasteiger partial charge in [-0.05, 0) is 29.3 Å². The van der Waals surface area contributed by atoms with E-state index in [-0.39, 0.29) is 0 Å². The summed E-state index contributed by atoms with van der Waals surface area (Å²) in [6, 6.07) is 58.2. The molecule has 0 saturated heterocycles. The molecule has 0 fully saturated rings. The molecule has 9 aromatic rings. The van der Waals surface area contributed by atoms with E-state index in [2.05, 4.69) is 91.0 Å². The minimum Gasteiger partial charge on any atom is -0.309 e. The molecule has 4 heteroatoms. The van der Waals surface area contributed by atoms with E-state index in [0.717, 1.165) is 54.6 Å². The number of rotatable bonds is 5. The van der Waals surface area contributed by atoms with Gasteiger partial charge in [0.25, 0.3) is 0 Å². The molecule has 0 atom stereocenters. The zero-order valence-corrected chi connectivity index (χ0v) is 27.1. The van der Waals surface area contributed by atoms with Crippen LogP contribution in [0.4, 0.5) is 0 Å². The first-order valence-electron chi connectivity index (χ1n) is 15.7. The van der Waals surface area contributed by atoms with Crippen LogP contribution < -0.4 is 15.9 Å². The Bertz CT molecular complexity index is 2590. The lowest BCUT2D eigenvalue weighted by atomic mass is 9.95. The number of fused-ring (bicyclic) bond motifs is 7. The lowest BCUT2D eigenvalue weighted by Crippen LogP contribution is -2.24. The van der Waals surface area contributed by atoms with E-state index in [9.17, 15) is 4.57 Å². The van der Waals surface area contributed by atoms with Gasteiger partial charge < -0.3 is 4.57 Å². The number of hydrogen-bond donors (Lipinski definition) is 0. The molecule has 2 nitrogen and oxygen atoms in total. The van der Waals surface area contributed by atoms with Gasteiger partial charge in [0.1, 0.15) is 0 Å². The molecule has 0 bridgehead atoms. The van der Waals surface area contributed by atoms with Crippen molar-refractivity contribution in [1.29, 1.82) is 0 Å². The largest absolute Gasteiger partial charge is 0.309 e. The van der Waals surface area contributed by atoms with Crippen molar-refractivity contribution in [2.24, 2.45) is 0 Å². The Morgan fingerprint density at radius 2 is 1.00 bits per heavy atom. The van der Waals surface area contributed by atoms with E-state index in [1.165, 1.54) is 25.6 Å². The predicted octanol–water partition coefficient (Wildman–Crippen LogP) is 10.7. The minimum atomic E-state index is -3.04. The quantitative estimate of drug-likeness (QED) is 0.139. The van der Waals surface area contributed by atoms with Gasteiger partial charge in [0.05, 0.1) is 11.2 Å². The molecule has 2 heterocycles. The van der Waals surface area contributed by atoms with Crippen molar-refractivity contribution in [2.75, 3.05) is 0 Å². The summed E-state index contributed by atoms with van der Waals surface area (Å²) in [5.41, 5.74) is 5.19. The van der Waals surface area contributed by atoms with Crippen molar-refractivity contribution in [3.05, 3.63) is 170 Å². The molecule has 0 N–H and O–H groups in total. The topological polar surface area (TPSA) is 30.0 Å². The standard InChI is InChI=1S/C43H28NOPS/c45-46(32-14-6-2-7-15-32,33-16-8-3-9-17-33)34-23-20-29(21-24-34)31-22-25-35-38(28-31)44-43(30-12-4-1-5-13-30)37-26-27-40-42(41(35)37)36-18-10-11-19-39(36)47-40/h1-28H. The van der Waals surface area contributed by atoms with Crippen LogP contribution in [0.5, 0.6) is 0 Å². The molecule has 222 valence electrons. The molecule has 47 heavy (non-hydrogen) atoms. The summed E-state index contributed by atoms with van der Waals surface area (Å²) in [5.74, 6) is 0. The number of nitrogens with zero attached hydrogens (tertiary/aromatic N) is 1. The van der Waals surface area contributed by atoms with Gasteiger partial charge in [-0.2, -0.15) is 0 Å². The van der Waals surface area contributed by atoms with E-state index in [4.69, 9.17) is 4.98 Å². The van der Waals surface area contributed by atoms with Gasteiger partial charge in [0, 0.05) is 57.8 Å². The van der Waals surface area contributed by atoms with E-state index in [1.54, 1.807) is 0 Å². The second-order valence-corrected chi connectivity index (χ2v) is 15.7. The third-order valence-electron chi connectivity index (χ3n) is 9.15. The lowest BCUT2D eigenvalue weighted by Gasteiger charge is -2.20. The van der Waals surface area contributed by atoms with Gasteiger partial charge in [-0.25, -0.2) is 4.98 Å². The van der Waals surface area contributed by atoms with E-state index in [1.807, 2.05) is 90.2 Å². The third kappa shape index (κ3) is 4.54. The van der Waals surface area contributed by atoms with Crippen LogP contribution in [0.2, 0.25) is 0 Å². The summed E-state index contributed by atoms with van der Waals surface area (Å²) in [6.45, 7) is 0. The summed E-state index contributed by atoms with van der Waals surface area (Å²) in [4.78, 5) is 5.33. The van der Waals surface area contributed by atoms with Gasteiger partial charge in [-0.15, -0.1) is 11.3 Å². The predicted molar refractivity (Wildman–Crippen MR) is 202 cm³/mol. The Morgan fingerprint density at radius 1 is 0.426 bits per heavy atom. The molecular weight excluding hydrogens is 610 g/mol. The van der Waals surface area contributed by atoms with Crippen molar-refractivity contribution in [2.45, 2.75) is 0 Å². The molecule has 0 aliphatic carbocycles. The first-order chi connectivity index (χ1) is 23.2. The molecule has 0 aliphatic rings. The highest BCUT2D eigenvalue weighted by atomic mass is 32.1. The molecule has 2 aromatic heterocycles. The van der Waals surface area contributed by atoms with Crippen LogP contribution >= 0.6 is 18.5 Å². The van der Waals surface area contributed by atoms with Crippen LogP contribution in [0, 0.1) is 0 Å². The highest BCUT2D eigenvalue weighted by Crippen LogP contribution is 2.45. The molecule has 0 spiro atoms. The van der Waals surface area contributed by atoms with Crippen molar-refractivity contribution in [3.63, 3.8) is 0 Å². The number of hydrogen-bond acceptors (Lipinski definition) is 3. The molecule has 0 radical (unpaired) electrons. The molecule has 0 saturated carbocycles. The second-order valence-electron chi connectivity index (χ2n) is 11.8. The maximum atomic E-state index is 14.9. The summed E-state index contributed by atoms with van der Waals surface area (Å²) in [7, 11) is -3.04. The van der Waals surface area contributed by atoms with Crippen LogP contribution in [-0.4, -0.2) is 4.98 Å². The zero-order chi connectivity index (χ0) is 31.4. The van der Waals surface area contributed by atoms with Crippen LogP contribution in [-0.2, 0) is 4.57 Å². The average molecular weight is 638 g/mol. The summed E-state index contributed by atoms with van der Waals surface area (Å²) in [5, 5.41) is 8.62. The van der Waals surface area contributed by atoms with E-state index in [0.29, 0.717) is 0 Å². The Kier molecular flexibility index (Phi) is 6.64. The summed E-state index contributed by atoms with van der Waals surface area (Å²) < 4.78 is 17.5. The fourth-order valence-corrected chi connectivity index (χ4v) is 10.7. The maximum absolute atomic E-state index is 14.9. The van der Waals surface area contributed by atoms with Crippen molar-refractivity contribution >= 4 is 76.2 Å². The van der Waals surface area contributed by atoms with Gasteiger partial charge in [-0.3, -0.25) is 0 Å². The van der Waals surface area contributed by atoms with Gasteiger partial charge in [0.2, 0.25) is 0 Å². The van der Waals surface area contributed by atoms with E-state index >= 15 is 0 Å². The maximum Gasteiger partial charge on any atom is 0.171 e. The van der Waals surface area contributed by atoms with Crippen LogP contribution in [0.15, 0.2) is 170 Å². The first kappa shape index (κ1) is 27.9. The van der Waals surface area contributed by atoms with Crippen molar-refractivity contribution < 1.29 is 4.57 Å². The molecule has 0 unspecified atom stereocenters. The van der Waals surface area contributed by atoms with Gasteiger partial charge >= 0.3 is 0 Å². The van der Waals surface area contributed by atoms with Gasteiger partial charge in [-0.1, -0.05) is 152 Å². The fourth-order valence-electron chi connectivity index (χ4n) is 6.89. The Balaban J connectivity index is 1.24. The first-order valence-corrected chi connectivity index (χ1v) is 18.3. The molecule has 0 aliphatic heterocycles. The van der Waals surface area contributed by atoms with Crippen LogP contribution in [0.3, 0.4) is 0 Å². The SMILES string of the molecule is O=P(c1ccccc1)(c1ccccc1)c1ccc(-c2ccc3c(c2)nc(-c2ccccc2)c2ccc4sc5ccccc5c4c23)cc1. The Morgan fingerprint density at radius 3 is 1.70 bits per heavy atom. The molecule has 7 aromatic carbocycles. The smallest absolute Gasteiger partial charge is 0.171 e. The lowest BCUT2D eigenvalue weighted by molar-refractivity contribution is 0.592. The number of pyridine rings is 1. The molecular formula is C43H28NOPS. The average Bonchev–Trinajstić information content (AvgIpc) is 3.54.